The zero-order chi connectivity index (χ0) is 12.3. The summed E-state index contributed by atoms with van der Waals surface area (Å²) in [6.07, 6.45) is 0. The summed E-state index contributed by atoms with van der Waals surface area (Å²) in [4.78, 5) is 13.0. The van der Waals surface area contributed by atoms with Gasteiger partial charge in [0.15, 0.2) is 0 Å². The SMILES string of the molecule is CCSc1ccc(C2(C(=O)OC)COC2)cc1. The number of hydrogen-bond acceptors (Lipinski definition) is 4. The molecule has 1 fully saturated rings. The Morgan fingerprint density at radius 1 is 1.41 bits per heavy atom. The molecule has 0 spiro atoms. The van der Waals surface area contributed by atoms with Gasteiger partial charge in [-0.05, 0) is 23.4 Å². The van der Waals surface area contributed by atoms with Crippen LogP contribution in [0.25, 0.3) is 0 Å². The van der Waals surface area contributed by atoms with Crippen molar-refractivity contribution >= 4 is 17.7 Å². The monoisotopic (exact) mass is 252 g/mol. The first kappa shape index (κ1) is 12.5. The summed E-state index contributed by atoms with van der Waals surface area (Å²) in [6.45, 7) is 2.95. The van der Waals surface area contributed by atoms with Gasteiger partial charge in [-0.3, -0.25) is 4.79 Å². The van der Waals surface area contributed by atoms with Crippen LogP contribution in [-0.4, -0.2) is 32.0 Å². The Labute approximate surface area is 105 Å². The van der Waals surface area contributed by atoms with Gasteiger partial charge in [-0.2, -0.15) is 0 Å². The van der Waals surface area contributed by atoms with Crippen LogP contribution in [0.15, 0.2) is 29.2 Å². The predicted molar refractivity (Wildman–Crippen MR) is 67.4 cm³/mol. The molecule has 0 amide bonds. The van der Waals surface area contributed by atoms with Gasteiger partial charge in [0.2, 0.25) is 0 Å². The quantitative estimate of drug-likeness (QED) is 0.608. The average molecular weight is 252 g/mol. The lowest BCUT2D eigenvalue weighted by molar-refractivity contribution is -0.166. The molecular formula is C13H16O3S. The van der Waals surface area contributed by atoms with E-state index in [1.54, 1.807) is 11.8 Å². The zero-order valence-corrected chi connectivity index (χ0v) is 10.9. The first-order chi connectivity index (χ1) is 8.23. The maximum absolute atomic E-state index is 11.8. The van der Waals surface area contributed by atoms with E-state index in [1.165, 1.54) is 12.0 Å². The minimum absolute atomic E-state index is 0.209. The van der Waals surface area contributed by atoms with Crippen LogP contribution in [0.3, 0.4) is 0 Å². The predicted octanol–water partition coefficient (Wildman–Crippen LogP) is 2.24. The maximum atomic E-state index is 11.8. The van der Waals surface area contributed by atoms with Crippen LogP contribution in [0.2, 0.25) is 0 Å². The van der Waals surface area contributed by atoms with E-state index in [4.69, 9.17) is 9.47 Å². The van der Waals surface area contributed by atoms with Gasteiger partial charge in [0.25, 0.3) is 0 Å². The number of ether oxygens (including phenoxy) is 2. The average Bonchev–Trinajstić information content (AvgIpc) is 2.30. The van der Waals surface area contributed by atoms with E-state index in [-0.39, 0.29) is 5.97 Å². The molecule has 0 N–H and O–H groups in total. The third kappa shape index (κ3) is 2.19. The number of carbonyl (C=O) groups excluding carboxylic acids is 1. The van der Waals surface area contributed by atoms with Crippen LogP contribution in [0.4, 0.5) is 0 Å². The van der Waals surface area contributed by atoms with E-state index >= 15 is 0 Å². The molecule has 4 heteroatoms. The standard InChI is InChI=1S/C13H16O3S/c1-3-17-11-6-4-10(5-7-11)13(8-16-9-13)12(14)15-2/h4-7H,3,8-9H2,1-2H3. The Hall–Kier alpha value is -1.00. The van der Waals surface area contributed by atoms with Gasteiger partial charge < -0.3 is 9.47 Å². The largest absolute Gasteiger partial charge is 0.468 e. The number of carbonyl (C=O) groups is 1. The topological polar surface area (TPSA) is 35.5 Å². The number of esters is 1. The Morgan fingerprint density at radius 2 is 2.06 bits per heavy atom. The number of thioether (sulfide) groups is 1. The lowest BCUT2D eigenvalue weighted by Crippen LogP contribution is -2.53. The molecule has 1 heterocycles. The summed E-state index contributed by atoms with van der Waals surface area (Å²) in [5.74, 6) is 0.838. The van der Waals surface area contributed by atoms with Gasteiger partial charge in [-0.1, -0.05) is 19.1 Å². The van der Waals surface area contributed by atoms with E-state index in [0.717, 1.165) is 11.3 Å². The summed E-state index contributed by atoms with van der Waals surface area (Å²) in [6, 6.07) is 8.09. The minimum atomic E-state index is -0.579. The fourth-order valence-electron chi connectivity index (χ4n) is 1.94. The summed E-state index contributed by atoms with van der Waals surface area (Å²) in [7, 11) is 1.42. The number of benzene rings is 1. The molecule has 0 unspecified atom stereocenters. The van der Waals surface area contributed by atoms with Gasteiger partial charge in [0, 0.05) is 4.90 Å². The van der Waals surface area contributed by atoms with Gasteiger partial charge in [0.1, 0.15) is 5.41 Å². The van der Waals surface area contributed by atoms with Gasteiger partial charge >= 0.3 is 5.97 Å². The molecule has 1 saturated heterocycles. The van der Waals surface area contributed by atoms with Crippen molar-refractivity contribution in [1.82, 2.24) is 0 Å². The van der Waals surface area contributed by atoms with E-state index in [1.807, 2.05) is 24.3 Å². The second kappa shape index (κ2) is 5.10. The van der Waals surface area contributed by atoms with Crippen molar-refractivity contribution in [2.45, 2.75) is 17.2 Å². The minimum Gasteiger partial charge on any atom is -0.468 e. The lowest BCUT2D eigenvalue weighted by Gasteiger charge is -2.38. The van der Waals surface area contributed by atoms with Crippen molar-refractivity contribution in [2.24, 2.45) is 0 Å². The van der Waals surface area contributed by atoms with Gasteiger partial charge in [0.05, 0.1) is 20.3 Å². The molecule has 1 aromatic carbocycles. The third-order valence-corrected chi connectivity index (χ3v) is 3.89. The first-order valence-electron chi connectivity index (χ1n) is 5.62. The van der Waals surface area contributed by atoms with E-state index in [2.05, 4.69) is 6.92 Å². The maximum Gasteiger partial charge on any atom is 0.321 e. The molecule has 2 rings (SSSR count). The molecule has 0 saturated carbocycles. The van der Waals surface area contributed by atoms with E-state index < -0.39 is 5.41 Å². The second-order valence-corrected chi connectivity index (χ2v) is 5.36. The summed E-state index contributed by atoms with van der Waals surface area (Å²) in [5, 5.41) is 0. The number of methoxy groups -OCH3 is 1. The van der Waals surface area contributed by atoms with Crippen LogP contribution in [0, 0.1) is 0 Å². The van der Waals surface area contributed by atoms with Crippen LogP contribution in [0.1, 0.15) is 12.5 Å². The van der Waals surface area contributed by atoms with E-state index in [0.29, 0.717) is 13.2 Å². The molecule has 1 aromatic rings. The fraction of sp³-hybridized carbons (Fsp3) is 0.462. The van der Waals surface area contributed by atoms with Crippen molar-refractivity contribution in [3.05, 3.63) is 29.8 Å². The highest BCUT2D eigenvalue weighted by Crippen LogP contribution is 2.34. The van der Waals surface area contributed by atoms with Crippen molar-refractivity contribution in [3.63, 3.8) is 0 Å². The fourth-order valence-corrected chi connectivity index (χ4v) is 2.60. The molecule has 0 bridgehead atoms. The molecule has 17 heavy (non-hydrogen) atoms. The Bertz CT molecular complexity index is 396. The highest BCUT2D eigenvalue weighted by Gasteiger charge is 2.48. The highest BCUT2D eigenvalue weighted by atomic mass is 32.2. The summed E-state index contributed by atoms with van der Waals surface area (Å²) >= 11 is 1.79. The normalized spacial score (nSPS) is 17.3. The molecule has 0 aliphatic carbocycles. The number of rotatable bonds is 4. The van der Waals surface area contributed by atoms with Crippen molar-refractivity contribution in [1.29, 1.82) is 0 Å². The molecule has 1 aliphatic heterocycles. The lowest BCUT2D eigenvalue weighted by atomic mass is 9.79. The van der Waals surface area contributed by atoms with Crippen molar-refractivity contribution < 1.29 is 14.3 Å². The molecule has 1 aliphatic rings. The van der Waals surface area contributed by atoms with Gasteiger partial charge in [-0.25, -0.2) is 0 Å². The molecule has 0 atom stereocenters. The molecule has 0 radical (unpaired) electrons. The Morgan fingerprint density at radius 3 is 2.47 bits per heavy atom. The molecule has 0 aromatic heterocycles. The highest BCUT2D eigenvalue weighted by molar-refractivity contribution is 7.99. The van der Waals surface area contributed by atoms with Crippen molar-refractivity contribution in [3.8, 4) is 0 Å². The number of hydrogen-bond donors (Lipinski definition) is 0. The molecule has 3 nitrogen and oxygen atoms in total. The summed E-state index contributed by atoms with van der Waals surface area (Å²) in [5.41, 5.74) is 0.403. The zero-order valence-electron chi connectivity index (χ0n) is 10.1. The van der Waals surface area contributed by atoms with Gasteiger partial charge in [-0.15, -0.1) is 11.8 Å². The van der Waals surface area contributed by atoms with E-state index in [9.17, 15) is 4.79 Å². The first-order valence-corrected chi connectivity index (χ1v) is 6.61. The second-order valence-electron chi connectivity index (χ2n) is 4.02. The third-order valence-electron chi connectivity index (χ3n) is 2.99. The summed E-state index contributed by atoms with van der Waals surface area (Å²) < 4.78 is 10.1. The van der Waals surface area contributed by atoms with Crippen LogP contribution < -0.4 is 0 Å². The Kier molecular flexibility index (Phi) is 3.74. The molecular weight excluding hydrogens is 236 g/mol. The smallest absolute Gasteiger partial charge is 0.321 e. The van der Waals surface area contributed by atoms with Crippen molar-refractivity contribution in [2.75, 3.05) is 26.1 Å². The van der Waals surface area contributed by atoms with Crippen LogP contribution >= 0.6 is 11.8 Å². The Balaban J connectivity index is 2.23. The van der Waals surface area contributed by atoms with Crippen LogP contribution in [-0.2, 0) is 19.7 Å². The van der Waals surface area contributed by atoms with Crippen LogP contribution in [0.5, 0.6) is 0 Å². The molecule has 92 valence electrons.